The van der Waals surface area contributed by atoms with Crippen LogP contribution in [0.25, 0.3) is 0 Å². The summed E-state index contributed by atoms with van der Waals surface area (Å²) in [5.74, 6) is 0.0762. The Labute approximate surface area is 116 Å². The molecule has 1 N–H and O–H groups in total. The molecule has 0 atom stereocenters. The molecule has 0 fully saturated rings. The lowest BCUT2D eigenvalue weighted by molar-refractivity contribution is 0.0690. The average molecular weight is 273 g/mol. The number of anilines is 1. The third kappa shape index (κ3) is 3.23. The molecule has 1 aromatic heterocycles. The number of carboxylic acids is 1. The molecule has 0 saturated carbocycles. The van der Waals surface area contributed by atoms with Crippen LogP contribution in [0.15, 0.2) is 36.5 Å². The molecule has 0 saturated heterocycles. The summed E-state index contributed by atoms with van der Waals surface area (Å²) in [6, 6.07) is 9.00. The number of ether oxygens (including phenoxy) is 1. The van der Waals surface area contributed by atoms with E-state index in [9.17, 15) is 4.79 Å². The van der Waals surface area contributed by atoms with Crippen LogP contribution in [0.2, 0.25) is 0 Å². The van der Waals surface area contributed by atoms with E-state index in [1.54, 1.807) is 19.1 Å². The fraction of sp³-hybridized carbons (Fsp3) is 0.214. The molecule has 0 amide bonds. The number of aromatic carboxylic acids is 1. The summed E-state index contributed by atoms with van der Waals surface area (Å²) in [6.07, 6.45) is 1.44. The smallest absolute Gasteiger partial charge is 0.354 e. The molecule has 0 unspecified atom stereocenters. The van der Waals surface area contributed by atoms with Crippen molar-refractivity contribution < 1.29 is 14.6 Å². The Bertz CT molecular complexity index is 616. The molecule has 0 aliphatic carbocycles. The van der Waals surface area contributed by atoms with Gasteiger partial charge in [-0.3, -0.25) is 0 Å². The van der Waals surface area contributed by atoms with Crippen molar-refractivity contribution in [2.75, 3.05) is 19.1 Å². The lowest BCUT2D eigenvalue weighted by Gasteiger charge is -2.17. The zero-order valence-electron chi connectivity index (χ0n) is 11.3. The maximum absolute atomic E-state index is 10.9. The van der Waals surface area contributed by atoms with Crippen molar-refractivity contribution in [2.45, 2.75) is 6.54 Å². The highest BCUT2D eigenvalue weighted by molar-refractivity contribution is 5.85. The van der Waals surface area contributed by atoms with Crippen LogP contribution in [0, 0.1) is 0 Å². The van der Waals surface area contributed by atoms with E-state index in [2.05, 4.69) is 9.97 Å². The number of rotatable bonds is 5. The van der Waals surface area contributed by atoms with Gasteiger partial charge in [-0.2, -0.15) is 0 Å². The van der Waals surface area contributed by atoms with E-state index in [0.717, 1.165) is 11.3 Å². The summed E-state index contributed by atoms with van der Waals surface area (Å²) in [4.78, 5) is 20.7. The highest BCUT2D eigenvalue weighted by atomic mass is 16.5. The van der Waals surface area contributed by atoms with Gasteiger partial charge in [0.1, 0.15) is 5.75 Å². The standard InChI is InChI=1S/C14H15N3O3/c1-17(9-10-4-3-5-11(8-10)20-2)14-15-7-6-12(16-14)13(18)19/h3-8H,9H2,1-2H3,(H,18,19). The van der Waals surface area contributed by atoms with Gasteiger partial charge in [0.25, 0.3) is 0 Å². The molecular weight excluding hydrogens is 258 g/mol. The van der Waals surface area contributed by atoms with E-state index in [1.807, 2.05) is 24.3 Å². The number of aromatic nitrogens is 2. The summed E-state index contributed by atoms with van der Waals surface area (Å²) < 4.78 is 5.17. The normalized spacial score (nSPS) is 10.1. The van der Waals surface area contributed by atoms with Crippen LogP contribution in [-0.2, 0) is 6.54 Å². The van der Waals surface area contributed by atoms with Crippen LogP contribution in [0.1, 0.15) is 16.1 Å². The number of carbonyl (C=O) groups is 1. The maximum Gasteiger partial charge on any atom is 0.354 e. The van der Waals surface area contributed by atoms with Gasteiger partial charge in [0.2, 0.25) is 5.95 Å². The van der Waals surface area contributed by atoms with E-state index in [-0.39, 0.29) is 5.69 Å². The molecule has 0 aliphatic rings. The van der Waals surface area contributed by atoms with E-state index < -0.39 is 5.97 Å². The van der Waals surface area contributed by atoms with Crippen molar-refractivity contribution in [3.8, 4) is 5.75 Å². The molecule has 2 aromatic rings. The molecule has 6 nitrogen and oxygen atoms in total. The SMILES string of the molecule is COc1cccc(CN(C)c2nccc(C(=O)O)n2)c1. The Morgan fingerprint density at radius 3 is 2.90 bits per heavy atom. The van der Waals surface area contributed by atoms with Gasteiger partial charge in [0.15, 0.2) is 5.69 Å². The van der Waals surface area contributed by atoms with Gasteiger partial charge in [-0.1, -0.05) is 12.1 Å². The summed E-state index contributed by atoms with van der Waals surface area (Å²) in [5.41, 5.74) is 1.00. The van der Waals surface area contributed by atoms with E-state index in [0.29, 0.717) is 12.5 Å². The topological polar surface area (TPSA) is 75.5 Å². The fourth-order valence-corrected chi connectivity index (χ4v) is 1.77. The lowest BCUT2D eigenvalue weighted by Crippen LogP contribution is -2.20. The van der Waals surface area contributed by atoms with Crippen molar-refractivity contribution in [2.24, 2.45) is 0 Å². The molecule has 0 aliphatic heterocycles. The second-order valence-corrected chi connectivity index (χ2v) is 4.25. The molecule has 20 heavy (non-hydrogen) atoms. The molecule has 1 heterocycles. The summed E-state index contributed by atoms with van der Waals surface area (Å²) >= 11 is 0. The molecular formula is C14H15N3O3. The van der Waals surface area contributed by atoms with Gasteiger partial charge in [-0.25, -0.2) is 14.8 Å². The Morgan fingerprint density at radius 1 is 1.40 bits per heavy atom. The summed E-state index contributed by atoms with van der Waals surface area (Å²) in [5, 5.41) is 8.92. The minimum Gasteiger partial charge on any atom is -0.497 e. The molecule has 2 rings (SSSR count). The number of methoxy groups -OCH3 is 1. The van der Waals surface area contributed by atoms with Crippen molar-refractivity contribution in [3.05, 3.63) is 47.8 Å². The monoisotopic (exact) mass is 273 g/mol. The first-order valence-electron chi connectivity index (χ1n) is 6.00. The molecule has 104 valence electrons. The quantitative estimate of drug-likeness (QED) is 0.895. The average Bonchev–Trinajstić information content (AvgIpc) is 2.47. The third-order valence-corrected chi connectivity index (χ3v) is 2.76. The Hall–Kier alpha value is -2.63. The lowest BCUT2D eigenvalue weighted by atomic mass is 10.2. The summed E-state index contributed by atoms with van der Waals surface area (Å²) in [6.45, 7) is 0.556. The summed E-state index contributed by atoms with van der Waals surface area (Å²) in [7, 11) is 3.42. The highest BCUT2D eigenvalue weighted by Gasteiger charge is 2.10. The van der Waals surface area contributed by atoms with Gasteiger partial charge in [-0.15, -0.1) is 0 Å². The predicted molar refractivity (Wildman–Crippen MR) is 74.1 cm³/mol. The number of nitrogens with zero attached hydrogens (tertiary/aromatic N) is 3. The van der Waals surface area contributed by atoms with E-state index in [4.69, 9.17) is 9.84 Å². The van der Waals surface area contributed by atoms with Crippen LogP contribution in [-0.4, -0.2) is 35.2 Å². The zero-order chi connectivity index (χ0) is 14.5. The van der Waals surface area contributed by atoms with Gasteiger partial charge in [0.05, 0.1) is 7.11 Å². The predicted octanol–water partition coefficient (Wildman–Crippen LogP) is 1.82. The molecule has 0 spiro atoms. The van der Waals surface area contributed by atoms with Gasteiger partial charge in [0, 0.05) is 19.8 Å². The Morgan fingerprint density at radius 2 is 2.20 bits per heavy atom. The van der Waals surface area contributed by atoms with Crippen LogP contribution < -0.4 is 9.64 Å². The van der Waals surface area contributed by atoms with E-state index in [1.165, 1.54) is 12.3 Å². The number of benzene rings is 1. The first-order valence-corrected chi connectivity index (χ1v) is 6.00. The van der Waals surface area contributed by atoms with Crippen molar-refractivity contribution in [3.63, 3.8) is 0 Å². The first kappa shape index (κ1) is 13.8. The maximum atomic E-state index is 10.9. The van der Waals surface area contributed by atoms with E-state index >= 15 is 0 Å². The molecule has 0 radical (unpaired) electrons. The number of hydrogen-bond donors (Lipinski definition) is 1. The highest BCUT2D eigenvalue weighted by Crippen LogP contribution is 2.16. The number of carboxylic acid groups (broad SMARTS) is 1. The fourth-order valence-electron chi connectivity index (χ4n) is 1.77. The largest absolute Gasteiger partial charge is 0.497 e. The third-order valence-electron chi connectivity index (χ3n) is 2.76. The van der Waals surface area contributed by atoms with Crippen LogP contribution in [0.3, 0.4) is 0 Å². The Kier molecular flexibility index (Phi) is 4.14. The second-order valence-electron chi connectivity index (χ2n) is 4.25. The molecule has 6 heteroatoms. The van der Waals surface area contributed by atoms with Crippen LogP contribution in [0.4, 0.5) is 5.95 Å². The zero-order valence-corrected chi connectivity index (χ0v) is 11.3. The minimum absolute atomic E-state index is 0.0208. The molecule has 1 aromatic carbocycles. The van der Waals surface area contributed by atoms with Gasteiger partial charge >= 0.3 is 5.97 Å². The van der Waals surface area contributed by atoms with Gasteiger partial charge < -0.3 is 14.7 Å². The van der Waals surface area contributed by atoms with Crippen molar-refractivity contribution in [1.82, 2.24) is 9.97 Å². The van der Waals surface area contributed by atoms with Crippen LogP contribution >= 0.6 is 0 Å². The van der Waals surface area contributed by atoms with Crippen LogP contribution in [0.5, 0.6) is 5.75 Å². The second kappa shape index (κ2) is 6.01. The van der Waals surface area contributed by atoms with Gasteiger partial charge in [-0.05, 0) is 23.8 Å². The van der Waals surface area contributed by atoms with Crippen molar-refractivity contribution >= 4 is 11.9 Å². The Balaban J connectivity index is 2.16. The number of hydrogen-bond acceptors (Lipinski definition) is 5. The molecule has 0 bridgehead atoms. The van der Waals surface area contributed by atoms with Crippen molar-refractivity contribution in [1.29, 1.82) is 0 Å². The minimum atomic E-state index is -1.07. The first-order chi connectivity index (χ1) is 9.60.